The maximum atomic E-state index is 9.75. The molecule has 0 aliphatic heterocycles. The van der Waals surface area contributed by atoms with Crippen LogP contribution in [0.3, 0.4) is 0 Å². The van der Waals surface area contributed by atoms with Crippen molar-refractivity contribution in [3.63, 3.8) is 0 Å². The summed E-state index contributed by atoms with van der Waals surface area (Å²) in [4.78, 5) is 8.22. The van der Waals surface area contributed by atoms with Gasteiger partial charge in [-0.05, 0) is 29.8 Å². The second kappa shape index (κ2) is 6.76. The van der Waals surface area contributed by atoms with E-state index in [1.807, 2.05) is 36.4 Å². The molecule has 4 heteroatoms. The summed E-state index contributed by atoms with van der Waals surface area (Å²) in [6.07, 6.45) is 1.78. The molecule has 0 amide bonds. The minimum absolute atomic E-state index is 0.113. The first-order chi connectivity index (χ1) is 12.8. The summed E-state index contributed by atoms with van der Waals surface area (Å²) in [5, 5.41) is 10.8. The van der Waals surface area contributed by atoms with Crippen LogP contribution in [0.2, 0.25) is 0 Å². The molecule has 0 atom stereocenters. The number of benzene rings is 3. The maximum absolute atomic E-state index is 9.75. The average Bonchev–Trinajstić information content (AvgIpc) is 3.07. The third-order valence-corrected chi connectivity index (χ3v) is 4.29. The van der Waals surface area contributed by atoms with Crippen molar-refractivity contribution in [1.29, 1.82) is 0 Å². The number of nitrogens with zero attached hydrogens (tertiary/aromatic N) is 1. The van der Waals surface area contributed by atoms with E-state index in [4.69, 9.17) is 9.73 Å². The van der Waals surface area contributed by atoms with Gasteiger partial charge in [-0.1, -0.05) is 48.5 Å². The number of para-hydroxylation sites is 1. The smallest absolute Gasteiger partial charge is 0.161 e. The molecule has 1 heterocycles. The predicted molar refractivity (Wildman–Crippen MR) is 106 cm³/mol. The summed E-state index contributed by atoms with van der Waals surface area (Å²) in [7, 11) is 1.53. The van der Waals surface area contributed by atoms with Gasteiger partial charge in [0.25, 0.3) is 0 Å². The van der Waals surface area contributed by atoms with Gasteiger partial charge in [0.05, 0.1) is 18.5 Å². The molecule has 128 valence electrons. The Kier molecular flexibility index (Phi) is 4.15. The van der Waals surface area contributed by atoms with Gasteiger partial charge in [-0.15, -0.1) is 0 Å². The van der Waals surface area contributed by atoms with Gasteiger partial charge >= 0.3 is 0 Å². The fourth-order valence-electron chi connectivity index (χ4n) is 2.99. The second-order valence-corrected chi connectivity index (χ2v) is 5.95. The molecule has 0 fully saturated rings. The van der Waals surface area contributed by atoms with Gasteiger partial charge in [-0.2, -0.15) is 0 Å². The number of aliphatic imine (C=N–C) groups is 1. The van der Waals surface area contributed by atoms with Crippen LogP contribution in [0.1, 0.15) is 5.56 Å². The third kappa shape index (κ3) is 2.93. The van der Waals surface area contributed by atoms with Crippen molar-refractivity contribution in [3.8, 4) is 22.8 Å². The Labute approximate surface area is 151 Å². The third-order valence-electron chi connectivity index (χ3n) is 4.29. The van der Waals surface area contributed by atoms with Gasteiger partial charge in [-0.3, -0.25) is 4.99 Å². The fourth-order valence-corrected chi connectivity index (χ4v) is 2.99. The standard InChI is InChI=1S/C22H18N2O2/c1-26-20-13-15(11-12-19(20)25)14-23-22-17-9-5-6-10-18(17)24-21(22)16-7-3-2-4-8-16/h2-14,24-25H,1H3. The lowest BCUT2D eigenvalue weighted by atomic mass is 10.1. The Morgan fingerprint density at radius 1 is 0.962 bits per heavy atom. The highest BCUT2D eigenvalue weighted by Crippen LogP contribution is 2.37. The molecular weight excluding hydrogens is 324 g/mol. The number of H-pyrrole nitrogens is 1. The Bertz CT molecular complexity index is 1080. The minimum Gasteiger partial charge on any atom is -0.504 e. The van der Waals surface area contributed by atoms with Crippen LogP contribution >= 0.6 is 0 Å². The van der Waals surface area contributed by atoms with Crippen LogP contribution in [-0.2, 0) is 0 Å². The Morgan fingerprint density at radius 3 is 2.54 bits per heavy atom. The van der Waals surface area contributed by atoms with Crippen molar-refractivity contribution < 1.29 is 9.84 Å². The van der Waals surface area contributed by atoms with Gasteiger partial charge in [0.15, 0.2) is 11.5 Å². The zero-order chi connectivity index (χ0) is 17.9. The zero-order valence-corrected chi connectivity index (χ0v) is 14.3. The largest absolute Gasteiger partial charge is 0.504 e. The highest BCUT2D eigenvalue weighted by Gasteiger charge is 2.11. The van der Waals surface area contributed by atoms with Crippen LogP contribution in [0.25, 0.3) is 22.2 Å². The lowest BCUT2D eigenvalue weighted by molar-refractivity contribution is 0.373. The molecule has 0 saturated carbocycles. The number of rotatable bonds is 4. The molecule has 0 unspecified atom stereocenters. The molecule has 0 saturated heterocycles. The van der Waals surface area contributed by atoms with Crippen molar-refractivity contribution >= 4 is 22.8 Å². The molecule has 4 rings (SSSR count). The summed E-state index contributed by atoms with van der Waals surface area (Å²) < 4.78 is 5.17. The monoisotopic (exact) mass is 342 g/mol. The number of hydrogen-bond acceptors (Lipinski definition) is 3. The first-order valence-corrected chi connectivity index (χ1v) is 8.33. The molecule has 0 aliphatic carbocycles. The van der Waals surface area contributed by atoms with Crippen molar-refractivity contribution in [2.45, 2.75) is 0 Å². The number of fused-ring (bicyclic) bond motifs is 1. The summed E-state index contributed by atoms with van der Waals surface area (Å²) in [5.41, 5.74) is 4.84. The van der Waals surface area contributed by atoms with Gasteiger partial charge in [0.1, 0.15) is 0 Å². The van der Waals surface area contributed by atoms with E-state index >= 15 is 0 Å². The molecular formula is C22H18N2O2. The predicted octanol–water partition coefficient (Wildman–Crippen LogP) is 5.30. The van der Waals surface area contributed by atoms with Crippen molar-refractivity contribution in [2.24, 2.45) is 4.99 Å². The molecule has 2 N–H and O–H groups in total. The van der Waals surface area contributed by atoms with E-state index < -0.39 is 0 Å². The number of methoxy groups -OCH3 is 1. The summed E-state index contributed by atoms with van der Waals surface area (Å²) >= 11 is 0. The first kappa shape index (κ1) is 16.0. The molecule has 0 spiro atoms. The molecule has 4 nitrogen and oxygen atoms in total. The van der Waals surface area contributed by atoms with Crippen molar-refractivity contribution in [2.75, 3.05) is 7.11 Å². The quantitative estimate of drug-likeness (QED) is 0.494. The zero-order valence-electron chi connectivity index (χ0n) is 14.3. The van der Waals surface area contributed by atoms with Gasteiger partial charge in [0, 0.05) is 22.7 Å². The molecule has 0 aliphatic rings. The molecule has 1 aromatic heterocycles. The number of phenolic OH excluding ortho intramolecular Hbond substituents is 1. The van der Waals surface area contributed by atoms with Crippen LogP contribution in [-0.4, -0.2) is 23.4 Å². The van der Waals surface area contributed by atoms with Crippen molar-refractivity contribution in [1.82, 2.24) is 4.98 Å². The number of nitrogens with one attached hydrogen (secondary N) is 1. The maximum Gasteiger partial charge on any atom is 0.161 e. The highest BCUT2D eigenvalue weighted by molar-refractivity contribution is 6.01. The number of aromatic hydroxyl groups is 1. The number of phenols is 1. The van der Waals surface area contributed by atoms with E-state index in [1.165, 1.54) is 7.11 Å². The van der Waals surface area contributed by atoms with E-state index in [0.29, 0.717) is 5.75 Å². The minimum atomic E-state index is 0.113. The number of ether oxygens (including phenoxy) is 1. The lowest BCUT2D eigenvalue weighted by Crippen LogP contribution is -1.87. The lowest BCUT2D eigenvalue weighted by Gasteiger charge is -2.04. The van der Waals surface area contributed by atoms with E-state index in [-0.39, 0.29) is 5.75 Å². The SMILES string of the molecule is COc1cc(C=Nc2c(-c3ccccc3)[nH]c3ccccc23)ccc1O. The van der Waals surface area contributed by atoms with E-state index in [9.17, 15) is 5.11 Å². The molecule has 4 aromatic rings. The molecule has 3 aromatic carbocycles. The first-order valence-electron chi connectivity index (χ1n) is 8.33. The summed E-state index contributed by atoms with van der Waals surface area (Å²) in [6, 6.07) is 23.4. The van der Waals surface area contributed by atoms with Crippen LogP contribution in [0.5, 0.6) is 11.5 Å². The molecule has 26 heavy (non-hydrogen) atoms. The molecule has 0 radical (unpaired) electrons. The summed E-state index contributed by atoms with van der Waals surface area (Å²) in [6.45, 7) is 0. The Balaban J connectivity index is 1.83. The van der Waals surface area contributed by atoms with E-state index in [1.54, 1.807) is 24.4 Å². The van der Waals surface area contributed by atoms with Crippen LogP contribution in [0, 0.1) is 0 Å². The van der Waals surface area contributed by atoms with E-state index in [0.717, 1.165) is 33.4 Å². The topological polar surface area (TPSA) is 57.6 Å². The normalized spacial score (nSPS) is 11.3. The average molecular weight is 342 g/mol. The fraction of sp³-hybridized carbons (Fsp3) is 0.0455. The van der Waals surface area contributed by atoms with Crippen LogP contribution < -0.4 is 4.74 Å². The number of aromatic amines is 1. The molecule has 0 bridgehead atoms. The second-order valence-electron chi connectivity index (χ2n) is 5.95. The van der Waals surface area contributed by atoms with Crippen molar-refractivity contribution in [3.05, 3.63) is 78.4 Å². The Morgan fingerprint density at radius 2 is 1.73 bits per heavy atom. The Hall–Kier alpha value is -3.53. The van der Waals surface area contributed by atoms with Gasteiger partial charge < -0.3 is 14.8 Å². The van der Waals surface area contributed by atoms with Gasteiger partial charge in [-0.25, -0.2) is 0 Å². The van der Waals surface area contributed by atoms with Crippen LogP contribution in [0.15, 0.2) is 77.8 Å². The van der Waals surface area contributed by atoms with Gasteiger partial charge in [0.2, 0.25) is 0 Å². The highest BCUT2D eigenvalue weighted by atomic mass is 16.5. The number of hydrogen-bond donors (Lipinski definition) is 2. The van der Waals surface area contributed by atoms with E-state index in [2.05, 4.69) is 23.2 Å². The van der Waals surface area contributed by atoms with Crippen LogP contribution in [0.4, 0.5) is 5.69 Å². The summed E-state index contributed by atoms with van der Waals surface area (Å²) in [5.74, 6) is 0.540. The number of aromatic nitrogens is 1.